The van der Waals surface area contributed by atoms with Gasteiger partial charge in [0.05, 0.1) is 18.1 Å². The monoisotopic (exact) mass is 527 g/mol. The van der Waals surface area contributed by atoms with Crippen LogP contribution in [0.15, 0.2) is 36.4 Å². The van der Waals surface area contributed by atoms with Crippen molar-refractivity contribution in [1.29, 1.82) is 0 Å². The molecule has 0 spiro atoms. The molecular formula is C29H37NO8. The lowest BCUT2D eigenvalue weighted by molar-refractivity contribution is -0.384. The summed E-state index contributed by atoms with van der Waals surface area (Å²) in [6.45, 7) is 1.70. The Hall–Kier alpha value is -3.46. The molecule has 1 heterocycles. The van der Waals surface area contributed by atoms with E-state index in [9.17, 15) is 24.8 Å². The van der Waals surface area contributed by atoms with Gasteiger partial charge in [0, 0.05) is 36.6 Å². The zero-order chi connectivity index (χ0) is 27.5. The second-order valence-corrected chi connectivity index (χ2v) is 9.78. The number of nitro benzene ring substituents is 1. The van der Waals surface area contributed by atoms with Gasteiger partial charge in [0.15, 0.2) is 0 Å². The average molecular weight is 528 g/mol. The largest absolute Gasteiger partial charge is 0.496 e. The lowest BCUT2D eigenvalue weighted by Gasteiger charge is -2.13. The molecule has 3 rings (SSSR count). The minimum absolute atomic E-state index is 0.0259. The van der Waals surface area contributed by atoms with Crippen molar-refractivity contribution in [2.45, 2.75) is 89.8 Å². The number of unbranched alkanes of at least 4 members (excludes halogenated alkanes) is 6. The highest BCUT2D eigenvalue weighted by atomic mass is 16.6. The molecule has 1 aliphatic rings. The van der Waals surface area contributed by atoms with Crippen LogP contribution in [0.5, 0.6) is 17.2 Å². The third kappa shape index (κ3) is 8.55. The summed E-state index contributed by atoms with van der Waals surface area (Å²) in [6.07, 6.45) is 8.64. The Balaban J connectivity index is 1.45. The number of benzene rings is 2. The summed E-state index contributed by atoms with van der Waals surface area (Å²) in [5.74, 6) is 1.09. The van der Waals surface area contributed by atoms with Crippen molar-refractivity contribution in [3.8, 4) is 17.2 Å². The average Bonchev–Trinajstić information content (AvgIpc) is 3.21. The Labute approximate surface area is 223 Å². The number of hydrogen-bond donors (Lipinski definition) is 1. The van der Waals surface area contributed by atoms with Crippen molar-refractivity contribution >= 4 is 17.4 Å². The molecule has 0 aromatic heterocycles. The molecule has 206 valence electrons. The Kier molecular flexibility index (Phi) is 11.1. The van der Waals surface area contributed by atoms with Gasteiger partial charge < -0.3 is 19.3 Å². The number of rotatable bonds is 17. The van der Waals surface area contributed by atoms with E-state index < -0.39 is 17.0 Å². The van der Waals surface area contributed by atoms with Crippen LogP contribution in [-0.2, 0) is 9.53 Å². The van der Waals surface area contributed by atoms with Crippen LogP contribution in [0.2, 0.25) is 0 Å². The highest BCUT2D eigenvalue weighted by Gasteiger charge is 2.34. The Morgan fingerprint density at radius 1 is 1.03 bits per heavy atom. The van der Waals surface area contributed by atoms with Crippen LogP contribution in [0.25, 0.3) is 0 Å². The number of carbonyl (C=O) groups excluding carboxylic acids is 2. The maximum Gasteiger partial charge on any atom is 0.342 e. The molecular weight excluding hydrogens is 490 g/mol. The van der Waals surface area contributed by atoms with Gasteiger partial charge in [-0.3, -0.25) is 14.9 Å². The summed E-state index contributed by atoms with van der Waals surface area (Å²) < 4.78 is 17.0. The van der Waals surface area contributed by atoms with Gasteiger partial charge in [0.2, 0.25) is 0 Å². The van der Waals surface area contributed by atoms with Gasteiger partial charge in [-0.2, -0.15) is 0 Å². The number of non-ortho nitro benzene ring substituents is 1. The lowest BCUT2D eigenvalue weighted by atomic mass is 9.98. The van der Waals surface area contributed by atoms with E-state index in [0.717, 1.165) is 50.5 Å². The maximum absolute atomic E-state index is 12.5. The molecule has 0 fully saturated rings. The van der Waals surface area contributed by atoms with E-state index in [2.05, 4.69) is 0 Å². The normalized spacial score (nSPS) is 15.0. The van der Waals surface area contributed by atoms with Crippen molar-refractivity contribution in [2.75, 3.05) is 7.11 Å². The predicted octanol–water partition coefficient (Wildman–Crippen LogP) is 6.85. The molecule has 2 aromatic rings. The van der Waals surface area contributed by atoms with Crippen molar-refractivity contribution in [3.05, 3.63) is 57.6 Å². The lowest BCUT2D eigenvalue weighted by Crippen LogP contribution is -2.05. The van der Waals surface area contributed by atoms with Gasteiger partial charge in [-0.25, -0.2) is 4.79 Å². The minimum atomic E-state index is -0.471. The highest BCUT2D eigenvalue weighted by molar-refractivity contribution is 5.97. The Morgan fingerprint density at radius 2 is 1.68 bits per heavy atom. The Bertz CT molecular complexity index is 1100. The first-order chi connectivity index (χ1) is 18.3. The standard InChI is InChI=1S/C29H37NO8/c1-20(31)12-15-22(32)10-8-6-4-3-5-7-9-11-26-25-18-24(19-27(36-2)28(25)29(33)38-26)37-23-16-13-21(14-17-23)30(34)35/h13-14,16-20,26,31H,3-12,15H2,1-2H3. The van der Waals surface area contributed by atoms with Gasteiger partial charge in [-0.1, -0.05) is 32.1 Å². The molecule has 9 heteroatoms. The molecule has 0 amide bonds. The van der Waals surface area contributed by atoms with E-state index in [4.69, 9.17) is 14.2 Å². The molecule has 2 unspecified atom stereocenters. The number of aliphatic hydroxyl groups is 1. The number of ketones is 1. The maximum atomic E-state index is 12.5. The van der Waals surface area contributed by atoms with Crippen LogP contribution in [0.4, 0.5) is 5.69 Å². The fraction of sp³-hybridized carbons (Fsp3) is 0.517. The summed E-state index contributed by atoms with van der Waals surface area (Å²) in [5.41, 5.74) is 1.12. The summed E-state index contributed by atoms with van der Waals surface area (Å²) in [7, 11) is 1.48. The zero-order valence-electron chi connectivity index (χ0n) is 22.1. The van der Waals surface area contributed by atoms with E-state index in [1.807, 2.05) is 0 Å². The van der Waals surface area contributed by atoms with Gasteiger partial charge in [0.25, 0.3) is 5.69 Å². The first-order valence-electron chi connectivity index (χ1n) is 13.3. The van der Waals surface area contributed by atoms with Gasteiger partial charge in [-0.05, 0) is 50.8 Å². The number of carbonyl (C=O) groups is 2. The number of methoxy groups -OCH3 is 1. The number of hydrogen-bond acceptors (Lipinski definition) is 8. The SMILES string of the molecule is COc1cc(Oc2ccc([N+](=O)[O-])cc2)cc2c1C(=O)OC2CCCCCCCCCC(=O)CCC(C)O. The number of cyclic esters (lactones) is 1. The summed E-state index contributed by atoms with van der Waals surface area (Å²) in [5, 5.41) is 20.1. The molecule has 0 saturated heterocycles. The van der Waals surface area contributed by atoms with E-state index in [-0.39, 0.29) is 17.6 Å². The molecule has 9 nitrogen and oxygen atoms in total. The zero-order valence-corrected chi connectivity index (χ0v) is 22.1. The predicted molar refractivity (Wildman–Crippen MR) is 142 cm³/mol. The van der Waals surface area contributed by atoms with Crippen molar-refractivity contribution < 1.29 is 33.8 Å². The molecule has 0 aliphatic carbocycles. The number of ether oxygens (including phenoxy) is 3. The van der Waals surface area contributed by atoms with E-state index >= 15 is 0 Å². The van der Waals surface area contributed by atoms with Crippen LogP contribution in [0.3, 0.4) is 0 Å². The van der Waals surface area contributed by atoms with Crippen LogP contribution in [0, 0.1) is 10.1 Å². The second-order valence-electron chi connectivity index (χ2n) is 9.78. The summed E-state index contributed by atoms with van der Waals surface area (Å²) in [6, 6.07) is 9.17. The molecule has 38 heavy (non-hydrogen) atoms. The van der Waals surface area contributed by atoms with Crippen LogP contribution < -0.4 is 9.47 Å². The summed E-state index contributed by atoms with van der Waals surface area (Å²) in [4.78, 5) is 34.7. The molecule has 2 atom stereocenters. The third-order valence-electron chi connectivity index (χ3n) is 6.67. The Morgan fingerprint density at radius 3 is 2.32 bits per heavy atom. The van der Waals surface area contributed by atoms with Crippen molar-refractivity contribution in [2.24, 2.45) is 0 Å². The molecule has 0 radical (unpaired) electrons. The van der Waals surface area contributed by atoms with Crippen molar-refractivity contribution in [3.63, 3.8) is 0 Å². The quantitative estimate of drug-likeness (QED) is 0.102. The first kappa shape index (κ1) is 29.1. The molecule has 0 bridgehead atoms. The summed E-state index contributed by atoms with van der Waals surface area (Å²) >= 11 is 0. The fourth-order valence-corrected chi connectivity index (χ4v) is 4.57. The van der Waals surface area contributed by atoms with Crippen LogP contribution in [-0.4, -0.2) is 35.0 Å². The minimum Gasteiger partial charge on any atom is -0.496 e. The molecule has 2 aromatic carbocycles. The van der Waals surface area contributed by atoms with Crippen LogP contribution in [0.1, 0.15) is 99.6 Å². The highest BCUT2D eigenvalue weighted by Crippen LogP contribution is 2.42. The second kappa shape index (κ2) is 14.5. The van der Waals surface area contributed by atoms with Gasteiger partial charge >= 0.3 is 5.97 Å². The van der Waals surface area contributed by atoms with E-state index in [0.29, 0.717) is 48.5 Å². The fourth-order valence-electron chi connectivity index (χ4n) is 4.57. The number of Topliss-reactive ketones (excluding diaryl/α,β-unsaturated/α-hetero) is 1. The first-order valence-corrected chi connectivity index (χ1v) is 13.3. The molecule has 0 saturated carbocycles. The van der Waals surface area contributed by atoms with Gasteiger partial charge in [-0.15, -0.1) is 0 Å². The number of esters is 1. The van der Waals surface area contributed by atoms with Crippen LogP contribution >= 0.6 is 0 Å². The topological polar surface area (TPSA) is 125 Å². The van der Waals surface area contributed by atoms with Crippen molar-refractivity contribution in [1.82, 2.24) is 0 Å². The smallest absolute Gasteiger partial charge is 0.342 e. The number of aliphatic hydroxyl groups excluding tert-OH is 1. The van der Waals surface area contributed by atoms with E-state index in [1.54, 1.807) is 19.1 Å². The molecule has 1 aliphatic heterocycles. The molecule has 1 N–H and O–H groups in total. The third-order valence-corrected chi connectivity index (χ3v) is 6.67. The van der Waals surface area contributed by atoms with Gasteiger partial charge in [0.1, 0.15) is 34.7 Å². The number of nitrogens with zero attached hydrogens (tertiary/aromatic N) is 1. The number of fused-ring (bicyclic) bond motifs is 1. The van der Waals surface area contributed by atoms with E-state index in [1.165, 1.54) is 31.4 Å². The number of nitro groups is 1.